The number of unbranched alkanes of at least 4 members (excludes halogenated alkanes) is 5. The topological polar surface area (TPSA) is 58.6 Å². The fourth-order valence-corrected chi connectivity index (χ4v) is 2.70. The molecule has 0 aliphatic carbocycles. The van der Waals surface area contributed by atoms with Gasteiger partial charge in [-0.2, -0.15) is 0 Å². The summed E-state index contributed by atoms with van der Waals surface area (Å²) in [6, 6.07) is 7.30. The Labute approximate surface area is 138 Å². The third-order valence-corrected chi connectivity index (χ3v) is 3.94. The summed E-state index contributed by atoms with van der Waals surface area (Å²) in [5, 5.41) is 2.93. The van der Waals surface area contributed by atoms with E-state index < -0.39 is 0 Å². The van der Waals surface area contributed by atoms with Gasteiger partial charge in [0.15, 0.2) is 5.75 Å². The number of carbonyl (C=O) groups is 2. The van der Waals surface area contributed by atoms with Gasteiger partial charge in [0.05, 0.1) is 12.2 Å². The standard InChI is InChI=1S/C18H26N2O3/c1-2-3-4-5-6-9-12-19-17(21)13-20-14-18(22)23-16-11-8-7-10-15(16)20/h7-8,10-11H,2-6,9,12-14H2,1H3,(H,19,21). The van der Waals surface area contributed by atoms with E-state index in [1.807, 2.05) is 18.2 Å². The Balaban J connectivity index is 1.72. The molecular weight excluding hydrogens is 292 g/mol. The Morgan fingerprint density at radius 3 is 2.74 bits per heavy atom. The third-order valence-electron chi connectivity index (χ3n) is 3.94. The lowest BCUT2D eigenvalue weighted by atomic mass is 10.1. The minimum Gasteiger partial charge on any atom is -0.423 e. The quantitative estimate of drug-likeness (QED) is 0.432. The van der Waals surface area contributed by atoms with Gasteiger partial charge in [-0.05, 0) is 18.6 Å². The maximum atomic E-state index is 12.1. The molecule has 1 N–H and O–H groups in total. The number of hydrogen-bond acceptors (Lipinski definition) is 4. The van der Waals surface area contributed by atoms with Crippen molar-refractivity contribution >= 4 is 17.6 Å². The number of ether oxygens (including phenoxy) is 1. The zero-order valence-electron chi connectivity index (χ0n) is 13.8. The molecule has 5 heteroatoms. The highest BCUT2D eigenvalue weighted by molar-refractivity contribution is 5.89. The number of fused-ring (bicyclic) bond motifs is 1. The van der Waals surface area contributed by atoms with Crippen molar-refractivity contribution in [3.8, 4) is 5.75 Å². The molecular formula is C18H26N2O3. The highest BCUT2D eigenvalue weighted by Crippen LogP contribution is 2.30. The molecule has 1 aliphatic rings. The van der Waals surface area contributed by atoms with Gasteiger partial charge in [-0.25, -0.2) is 4.79 Å². The molecule has 126 valence electrons. The predicted octanol–water partition coefficient (Wildman–Crippen LogP) is 2.89. The molecule has 0 saturated carbocycles. The molecule has 0 aromatic heterocycles. The average molecular weight is 318 g/mol. The Kier molecular flexibility index (Phi) is 6.91. The Hall–Kier alpha value is -2.04. The number of rotatable bonds is 9. The van der Waals surface area contributed by atoms with Crippen LogP contribution < -0.4 is 15.0 Å². The molecule has 2 rings (SSSR count). The van der Waals surface area contributed by atoms with Crippen molar-refractivity contribution in [1.82, 2.24) is 5.32 Å². The van der Waals surface area contributed by atoms with Crippen LogP contribution in [-0.2, 0) is 9.59 Å². The second kappa shape index (κ2) is 9.18. The number of para-hydroxylation sites is 2. The zero-order valence-corrected chi connectivity index (χ0v) is 13.8. The van der Waals surface area contributed by atoms with Crippen LogP contribution in [0, 0.1) is 0 Å². The second-order valence-corrected chi connectivity index (χ2v) is 5.92. The summed E-state index contributed by atoms with van der Waals surface area (Å²) in [6.45, 7) is 3.20. The van der Waals surface area contributed by atoms with Crippen LogP contribution >= 0.6 is 0 Å². The van der Waals surface area contributed by atoms with Crippen LogP contribution in [0.1, 0.15) is 45.4 Å². The van der Waals surface area contributed by atoms with E-state index in [-0.39, 0.29) is 25.0 Å². The third kappa shape index (κ3) is 5.58. The highest BCUT2D eigenvalue weighted by atomic mass is 16.5. The molecule has 23 heavy (non-hydrogen) atoms. The Morgan fingerprint density at radius 2 is 1.91 bits per heavy atom. The minimum atomic E-state index is -0.326. The maximum absolute atomic E-state index is 12.1. The summed E-state index contributed by atoms with van der Waals surface area (Å²) >= 11 is 0. The molecule has 1 aromatic carbocycles. The van der Waals surface area contributed by atoms with Gasteiger partial charge >= 0.3 is 5.97 Å². The lowest BCUT2D eigenvalue weighted by molar-refractivity contribution is -0.133. The first-order valence-corrected chi connectivity index (χ1v) is 8.52. The van der Waals surface area contributed by atoms with E-state index in [2.05, 4.69) is 12.2 Å². The average Bonchev–Trinajstić information content (AvgIpc) is 2.54. The van der Waals surface area contributed by atoms with E-state index in [0.717, 1.165) is 18.5 Å². The molecule has 5 nitrogen and oxygen atoms in total. The first kappa shape index (κ1) is 17.3. The number of nitrogens with zero attached hydrogens (tertiary/aromatic N) is 1. The summed E-state index contributed by atoms with van der Waals surface area (Å²) < 4.78 is 5.18. The molecule has 1 aliphatic heterocycles. The number of anilines is 1. The van der Waals surface area contributed by atoms with Crippen molar-refractivity contribution in [2.75, 3.05) is 24.5 Å². The number of benzene rings is 1. The van der Waals surface area contributed by atoms with Gasteiger partial charge in [0.25, 0.3) is 0 Å². The molecule has 1 aromatic rings. The SMILES string of the molecule is CCCCCCCCNC(=O)CN1CC(=O)Oc2ccccc21. The molecule has 0 bridgehead atoms. The van der Waals surface area contributed by atoms with E-state index in [1.54, 1.807) is 11.0 Å². The van der Waals surface area contributed by atoms with Crippen LogP contribution in [0.3, 0.4) is 0 Å². The highest BCUT2D eigenvalue weighted by Gasteiger charge is 2.24. The van der Waals surface area contributed by atoms with Crippen LogP contribution in [0.2, 0.25) is 0 Å². The summed E-state index contributed by atoms with van der Waals surface area (Å²) in [5.74, 6) is 0.142. The van der Waals surface area contributed by atoms with E-state index in [0.29, 0.717) is 12.3 Å². The van der Waals surface area contributed by atoms with E-state index in [4.69, 9.17) is 4.74 Å². The van der Waals surface area contributed by atoms with Crippen molar-refractivity contribution in [1.29, 1.82) is 0 Å². The monoisotopic (exact) mass is 318 g/mol. The van der Waals surface area contributed by atoms with Crippen molar-refractivity contribution in [2.24, 2.45) is 0 Å². The normalized spacial score (nSPS) is 13.4. The van der Waals surface area contributed by atoms with E-state index >= 15 is 0 Å². The molecule has 0 fully saturated rings. The lowest BCUT2D eigenvalue weighted by Gasteiger charge is -2.29. The predicted molar refractivity (Wildman–Crippen MR) is 90.7 cm³/mol. The molecule has 1 amide bonds. The fourth-order valence-electron chi connectivity index (χ4n) is 2.70. The summed E-state index contributed by atoms with van der Waals surface area (Å²) in [6.07, 6.45) is 7.20. The summed E-state index contributed by atoms with van der Waals surface area (Å²) in [4.78, 5) is 25.4. The summed E-state index contributed by atoms with van der Waals surface area (Å²) in [7, 11) is 0. The molecule has 1 heterocycles. The van der Waals surface area contributed by atoms with E-state index in [9.17, 15) is 9.59 Å². The molecule has 0 atom stereocenters. The van der Waals surface area contributed by atoms with Crippen LogP contribution in [0.15, 0.2) is 24.3 Å². The maximum Gasteiger partial charge on any atom is 0.331 e. The Bertz CT molecular complexity index is 531. The van der Waals surface area contributed by atoms with Crippen molar-refractivity contribution in [3.05, 3.63) is 24.3 Å². The van der Waals surface area contributed by atoms with Crippen LogP contribution in [0.5, 0.6) is 5.75 Å². The van der Waals surface area contributed by atoms with Gasteiger partial charge in [-0.3, -0.25) is 4.79 Å². The van der Waals surface area contributed by atoms with E-state index in [1.165, 1.54) is 25.7 Å². The van der Waals surface area contributed by atoms with Crippen molar-refractivity contribution < 1.29 is 14.3 Å². The number of nitrogens with one attached hydrogen (secondary N) is 1. The number of esters is 1. The largest absolute Gasteiger partial charge is 0.423 e. The smallest absolute Gasteiger partial charge is 0.331 e. The van der Waals surface area contributed by atoms with Crippen LogP contribution in [-0.4, -0.2) is 31.5 Å². The molecule has 0 saturated heterocycles. The van der Waals surface area contributed by atoms with Gasteiger partial charge in [-0.15, -0.1) is 0 Å². The summed E-state index contributed by atoms with van der Waals surface area (Å²) in [5.41, 5.74) is 0.793. The molecule has 0 radical (unpaired) electrons. The van der Waals surface area contributed by atoms with Gasteiger partial charge in [0, 0.05) is 6.54 Å². The first-order valence-electron chi connectivity index (χ1n) is 8.52. The van der Waals surface area contributed by atoms with Gasteiger partial charge in [-0.1, -0.05) is 51.2 Å². The van der Waals surface area contributed by atoms with Gasteiger partial charge < -0.3 is 15.0 Å². The Morgan fingerprint density at radius 1 is 1.17 bits per heavy atom. The number of amides is 1. The van der Waals surface area contributed by atoms with Crippen LogP contribution in [0.4, 0.5) is 5.69 Å². The zero-order chi connectivity index (χ0) is 16.5. The van der Waals surface area contributed by atoms with Crippen molar-refractivity contribution in [3.63, 3.8) is 0 Å². The fraction of sp³-hybridized carbons (Fsp3) is 0.556. The molecule has 0 unspecified atom stereocenters. The minimum absolute atomic E-state index is 0.0527. The van der Waals surface area contributed by atoms with Crippen LogP contribution in [0.25, 0.3) is 0 Å². The lowest BCUT2D eigenvalue weighted by Crippen LogP contribution is -2.43. The number of hydrogen-bond donors (Lipinski definition) is 1. The second-order valence-electron chi connectivity index (χ2n) is 5.92. The first-order chi connectivity index (χ1) is 11.2. The van der Waals surface area contributed by atoms with Gasteiger partial charge in [0.2, 0.25) is 5.91 Å². The number of carbonyl (C=O) groups excluding carboxylic acids is 2. The molecule has 0 spiro atoms. The van der Waals surface area contributed by atoms with Crippen molar-refractivity contribution in [2.45, 2.75) is 45.4 Å². The van der Waals surface area contributed by atoms with Gasteiger partial charge in [0.1, 0.15) is 6.54 Å².